The standard InChI is InChI=1S/C15H11.C9H13.C4H10Si.Zr/c1-2-6-12(7-3-1)15-11-10-13-8-4-5-9-14(13)15;1-6-5-7(2)9(4)8(6)3;1-3-5-4-2;/h1-11H;5H,1-4H3;3-4H2,1-2H3;. The maximum absolute atomic E-state index is 2.72. The summed E-state index contributed by atoms with van der Waals surface area (Å²) in [6.07, 6.45) is 2.72. The molecule has 0 saturated carbocycles. The Labute approximate surface area is 191 Å². The molecule has 0 spiro atoms. The van der Waals surface area contributed by atoms with Gasteiger partial charge in [-0.15, -0.1) is 0 Å². The van der Waals surface area contributed by atoms with Crippen LogP contribution in [0, 0.1) is 0 Å². The Kier molecular flexibility index (Phi) is 6.66. The molecule has 0 amide bonds. The van der Waals surface area contributed by atoms with Gasteiger partial charge in [0.15, 0.2) is 0 Å². The van der Waals surface area contributed by atoms with Crippen molar-refractivity contribution in [3.8, 4) is 0 Å². The normalized spacial score (nSPS) is 18.7. The summed E-state index contributed by atoms with van der Waals surface area (Å²) in [5.41, 5.74) is 12.3. The SMILES string of the molecule is CC[Si](CC)=[Zr]([CH]1C(C)=C(C)C(C)=C1C)[CH]1C=C(c2ccccc2)c2ccccc21. The molecule has 0 fully saturated rings. The molecule has 1 atom stereocenters. The molecule has 0 N–H and O–H groups in total. The molecule has 0 radical (unpaired) electrons. The number of benzene rings is 2. The molecule has 30 heavy (non-hydrogen) atoms. The van der Waals surface area contributed by atoms with Crippen molar-refractivity contribution in [3.05, 3.63) is 99.7 Å². The van der Waals surface area contributed by atoms with Crippen LogP contribution >= 0.6 is 0 Å². The molecular formula is C28H34SiZr. The molecule has 1 unspecified atom stereocenters. The molecule has 2 aromatic rings. The molecule has 0 aromatic heterocycles. The average Bonchev–Trinajstić information content (AvgIpc) is 3.25. The minimum absolute atomic E-state index is 0.301. The fourth-order valence-electron chi connectivity index (χ4n) is 5.56. The first-order valence-electron chi connectivity index (χ1n) is 11.4. The van der Waals surface area contributed by atoms with E-state index in [1.54, 1.807) is 27.9 Å². The predicted octanol–water partition coefficient (Wildman–Crippen LogP) is 8.30. The monoisotopic (exact) mass is 488 g/mol. The van der Waals surface area contributed by atoms with Gasteiger partial charge in [0.25, 0.3) is 0 Å². The van der Waals surface area contributed by atoms with Crippen LogP contribution < -0.4 is 0 Å². The fraction of sp³-hybridized carbons (Fsp3) is 0.357. The van der Waals surface area contributed by atoms with Gasteiger partial charge in [-0.1, -0.05) is 0 Å². The van der Waals surface area contributed by atoms with Gasteiger partial charge in [0.2, 0.25) is 0 Å². The zero-order chi connectivity index (χ0) is 21.4. The van der Waals surface area contributed by atoms with Crippen LogP contribution in [0.15, 0.2) is 83.0 Å². The van der Waals surface area contributed by atoms with Crippen molar-refractivity contribution in [1.29, 1.82) is 0 Å². The molecule has 4 rings (SSSR count). The average molecular weight is 490 g/mol. The molecule has 2 heteroatoms. The zero-order valence-electron chi connectivity index (χ0n) is 19.3. The topological polar surface area (TPSA) is 0 Å². The minimum atomic E-state index is -1.90. The summed E-state index contributed by atoms with van der Waals surface area (Å²) in [7, 11) is 0. The summed E-state index contributed by atoms with van der Waals surface area (Å²) in [5.74, 6) is 0. The van der Waals surface area contributed by atoms with Crippen molar-refractivity contribution in [2.24, 2.45) is 0 Å². The molecule has 0 nitrogen and oxygen atoms in total. The summed E-state index contributed by atoms with van der Waals surface area (Å²) in [6.45, 7) is 14.6. The second kappa shape index (κ2) is 9.09. The molecule has 2 aliphatic rings. The number of hydrogen-bond acceptors (Lipinski definition) is 0. The third kappa shape index (κ3) is 3.65. The van der Waals surface area contributed by atoms with E-state index in [0.29, 0.717) is 3.63 Å². The van der Waals surface area contributed by atoms with Crippen molar-refractivity contribution in [2.45, 2.75) is 60.9 Å². The van der Waals surface area contributed by atoms with Crippen molar-refractivity contribution >= 4 is 11.0 Å². The first-order chi connectivity index (χ1) is 14.5. The summed E-state index contributed by atoms with van der Waals surface area (Å²) >= 11 is -1.90. The van der Waals surface area contributed by atoms with E-state index in [2.05, 4.69) is 102 Å². The molecule has 0 saturated heterocycles. The summed E-state index contributed by atoms with van der Waals surface area (Å²) in [5, 5.41) is 0. The summed E-state index contributed by atoms with van der Waals surface area (Å²) in [4.78, 5) is 0. The van der Waals surface area contributed by atoms with Crippen LogP contribution in [0.3, 0.4) is 0 Å². The van der Waals surface area contributed by atoms with Gasteiger partial charge in [0.05, 0.1) is 0 Å². The molecule has 0 aliphatic heterocycles. The first-order valence-corrected chi connectivity index (χ1v) is 19.9. The summed E-state index contributed by atoms with van der Waals surface area (Å²) in [6, 6.07) is 23.3. The second-order valence-corrected chi connectivity index (χ2v) is 25.3. The number of allylic oxidation sites excluding steroid dienone is 5. The second-order valence-electron chi connectivity index (χ2n) is 8.83. The van der Waals surface area contributed by atoms with Crippen LogP contribution in [0.5, 0.6) is 0 Å². The van der Waals surface area contributed by atoms with E-state index in [1.807, 2.05) is 0 Å². The van der Waals surface area contributed by atoms with E-state index in [-0.39, 0.29) is 5.43 Å². The van der Waals surface area contributed by atoms with Crippen LogP contribution in [0.2, 0.25) is 15.7 Å². The molecule has 0 bridgehead atoms. The van der Waals surface area contributed by atoms with Gasteiger partial charge in [-0.05, 0) is 0 Å². The van der Waals surface area contributed by atoms with E-state index in [4.69, 9.17) is 0 Å². The van der Waals surface area contributed by atoms with Crippen LogP contribution in [-0.2, 0) is 20.4 Å². The Morgan fingerprint density at radius 1 is 0.767 bits per heavy atom. The molecule has 154 valence electrons. The van der Waals surface area contributed by atoms with E-state index >= 15 is 0 Å². The third-order valence-electron chi connectivity index (χ3n) is 7.52. The maximum atomic E-state index is 2.72. The molecular weight excluding hydrogens is 456 g/mol. The van der Waals surface area contributed by atoms with E-state index < -0.39 is 20.4 Å². The first kappa shape index (κ1) is 22.0. The van der Waals surface area contributed by atoms with E-state index in [0.717, 1.165) is 3.63 Å². The molecule has 2 aliphatic carbocycles. The van der Waals surface area contributed by atoms with Gasteiger partial charge in [0.1, 0.15) is 0 Å². The van der Waals surface area contributed by atoms with Crippen LogP contribution in [0.4, 0.5) is 0 Å². The van der Waals surface area contributed by atoms with Gasteiger partial charge in [-0.25, -0.2) is 0 Å². The number of rotatable bonds is 5. The third-order valence-corrected chi connectivity index (χ3v) is 31.3. The van der Waals surface area contributed by atoms with Gasteiger partial charge in [-0.2, -0.15) is 0 Å². The van der Waals surface area contributed by atoms with Gasteiger partial charge in [-0.3, -0.25) is 0 Å². The van der Waals surface area contributed by atoms with Crippen molar-refractivity contribution < 1.29 is 20.4 Å². The molecule has 0 heterocycles. The zero-order valence-corrected chi connectivity index (χ0v) is 22.8. The van der Waals surface area contributed by atoms with Gasteiger partial charge in [0, 0.05) is 0 Å². The Bertz CT molecular complexity index is 1070. The Morgan fingerprint density at radius 2 is 1.33 bits per heavy atom. The fourth-order valence-corrected chi connectivity index (χ4v) is 30.5. The number of hydrogen-bond donors (Lipinski definition) is 0. The van der Waals surface area contributed by atoms with E-state index in [1.165, 1.54) is 28.8 Å². The number of fused-ring (bicyclic) bond motifs is 1. The van der Waals surface area contributed by atoms with Crippen molar-refractivity contribution in [2.75, 3.05) is 0 Å². The summed E-state index contributed by atoms with van der Waals surface area (Å²) < 4.78 is 1.51. The quantitative estimate of drug-likeness (QED) is 0.370. The van der Waals surface area contributed by atoms with E-state index in [9.17, 15) is 0 Å². The van der Waals surface area contributed by atoms with Crippen LogP contribution in [0.1, 0.15) is 61.9 Å². The molecule has 2 aromatic carbocycles. The van der Waals surface area contributed by atoms with Crippen LogP contribution in [0.25, 0.3) is 5.57 Å². The van der Waals surface area contributed by atoms with Gasteiger partial charge < -0.3 is 0 Å². The Morgan fingerprint density at radius 3 is 1.93 bits per heavy atom. The van der Waals surface area contributed by atoms with Gasteiger partial charge >= 0.3 is 192 Å². The van der Waals surface area contributed by atoms with Crippen molar-refractivity contribution in [1.82, 2.24) is 0 Å². The Hall–Kier alpha value is -1.24. The Balaban J connectivity index is 1.95. The van der Waals surface area contributed by atoms with Crippen molar-refractivity contribution in [3.63, 3.8) is 0 Å². The predicted molar refractivity (Wildman–Crippen MR) is 130 cm³/mol. The van der Waals surface area contributed by atoms with Crippen LogP contribution in [-0.4, -0.2) is 5.43 Å².